The van der Waals surface area contributed by atoms with E-state index in [1.807, 2.05) is 0 Å². The zero-order valence-electron chi connectivity index (χ0n) is 31.0. The molecule has 0 saturated carbocycles. The number of esters is 1. The fourth-order valence-electron chi connectivity index (χ4n) is 5.42. The normalized spacial score (nSPS) is 13.0. The Bertz CT molecular complexity index is 779. The monoisotopic (exact) mass is 657 g/mol. The smallest absolute Gasteiger partial charge is 0.306 e. The summed E-state index contributed by atoms with van der Waals surface area (Å²) in [5, 5.41) is 9.57. The van der Waals surface area contributed by atoms with Gasteiger partial charge in [0.05, 0.1) is 13.2 Å². The Balaban J connectivity index is 3.52. The molecule has 0 aromatic carbocycles. The Kier molecular flexibility index (Phi) is 38.6. The molecule has 0 amide bonds. The number of aliphatic hydroxyl groups is 1. The molecule has 0 rings (SSSR count). The van der Waals surface area contributed by atoms with Crippen molar-refractivity contribution in [2.24, 2.45) is 0 Å². The molecule has 1 unspecified atom stereocenters. The number of unbranched alkanes of at least 4 members (excludes halogenated alkanes) is 18. The number of carbonyl (C=O) groups excluding carboxylic acids is 1. The largest absolute Gasteiger partial charge is 0.457 e. The van der Waals surface area contributed by atoms with Crippen LogP contribution in [0.15, 0.2) is 60.8 Å². The average Bonchev–Trinajstić information content (AvgIpc) is 3.08. The van der Waals surface area contributed by atoms with E-state index >= 15 is 0 Å². The summed E-state index contributed by atoms with van der Waals surface area (Å²) in [5.41, 5.74) is 0. The first-order chi connectivity index (χ1) is 23.2. The van der Waals surface area contributed by atoms with Crippen LogP contribution in [0.1, 0.15) is 181 Å². The fourth-order valence-corrected chi connectivity index (χ4v) is 5.42. The molecule has 0 heterocycles. The lowest BCUT2D eigenvalue weighted by Gasteiger charge is -2.15. The van der Waals surface area contributed by atoms with Crippen molar-refractivity contribution >= 4 is 5.97 Å². The first-order valence-corrected chi connectivity index (χ1v) is 19.9. The Labute approximate surface area is 292 Å². The second kappa shape index (κ2) is 40.3. The van der Waals surface area contributed by atoms with Crippen molar-refractivity contribution in [3.05, 3.63) is 60.8 Å². The summed E-state index contributed by atoms with van der Waals surface area (Å²) in [6.07, 6.45) is 52.8. The molecule has 0 fully saturated rings. The summed E-state index contributed by atoms with van der Waals surface area (Å²) in [4.78, 5) is 12.1. The van der Waals surface area contributed by atoms with Crippen LogP contribution in [0.25, 0.3) is 0 Å². The van der Waals surface area contributed by atoms with Crippen molar-refractivity contribution in [1.82, 2.24) is 0 Å². The number of rotatable bonds is 36. The lowest BCUT2D eigenvalue weighted by atomic mass is 10.0. The number of hydrogen-bond acceptors (Lipinski definition) is 4. The maximum Gasteiger partial charge on any atom is 0.306 e. The van der Waals surface area contributed by atoms with Crippen molar-refractivity contribution in [2.45, 2.75) is 187 Å². The summed E-state index contributed by atoms with van der Waals surface area (Å²) in [7, 11) is 0. The molecule has 1 N–H and O–H groups in total. The van der Waals surface area contributed by atoms with Crippen LogP contribution < -0.4 is 0 Å². The number of hydrogen-bond donors (Lipinski definition) is 1. The van der Waals surface area contributed by atoms with E-state index in [1.54, 1.807) is 0 Å². The lowest BCUT2D eigenvalue weighted by Crippen LogP contribution is -2.27. The number of ether oxygens (including phenoxy) is 2. The highest BCUT2D eigenvalue weighted by Gasteiger charge is 2.13. The van der Waals surface area contributed by atoms with Gasteiger partial charge in [0.15, 0.2) is 0 Å². The molecule has 0 aliphatic heterocycles. The van der Waals surface area contributed by atoms with Gasteiger partial charge in [-0.05, 0) is 51.4 Å². The number of aliphatic hydroxyl groups excluding tert-OH is 1. The van der Waals surface area contributed by atoms with Gasteiger partial charge in [0.1, 0.15) is 6.10 Å². The lowest BCUT2D eigenvalue weighted by molar-refractivity contribution is -0.154. The highest BCUT2D eigenvalue weighted by molar-refractivity contribution is 5.69. The topological polar surface area (TPSA) is 55.8 Å². The predicted molar refractivity (Wildman–Crippen MR) is 205 cm³/mol. The van der Waals surface area contributed by atoms with E-state index in [1.165, 1.54) is 109 Å². The summed E-state index contributed by atoms with van der Waals surface area (Å²) in [5.74, 6) is -0.256. The van der Waals surface area contributed by atoms with Crippen molar-refractivity contribution in [3.63, 3.8) is 0 Å². The highest BCUT2D eigenvalue weighted by Crippen LogP contribution is 2.14. The van der Waals surface area contributed by atoms with Gasteiger partial charge in [0.2, 0.25) is 0 Å². The molecule has 0 bridgehead atoms. The van der Waals surface area contributed by atoms with Gasteiger partial charge < -0.3 is 14.6 Å². The Hall–Kier alpha value is -1.91. The van der Waals surface area contributed by atoms with Gasteiger partial charge in [-0.3, -0.25) is 4.79 Å². The minimum absolute atomic E-state index is 0.195. The number of allylic oxidation sites excluding steroid dienone is 10. The maximum absolute atomic E-state index is 12.1. The summed E-state index contributed by atoms with van der Waals surface area (Å²) < 4.78 is 11.1. The number of carbonyl (C=O) groups is 1. The molecule has 0 aliphatic rings. The molecule has 0 radical (unpaired) electrons. The molecule has 0 aliphatic carbocycles. The van der Waals surface area contributed by atoms with Gasteiger partial charge in [-0.2, -0.15) is 0 Å². The van der Waals surface area contributed by atoms with Crippen LogP contribution in [0.5, 0.6) is 0 Å². The molecule has 0 saturated heterocycles. The van der Waals surface area contributed by atoms with Gasteiger partial charge in [0.25, 0.3) is 0 Å². The third kappa shape index (κ3) is 38.4. The van der Waals surface area contributed by atoms with Crippen molar-refractivity contribution < 1.29 is 19.4 Å². The van der Waals surface area contributed by atoms with Crippen LogP contribution in [0.3, 0.4) is 0 Å². The average molecular weight is 657 g/mol. The first-order valence-electron chi connectivity index (χ1n) is 19.9. The minimum Gasteiger partial charge on any atom is -0.457 e. The van der Waals surface area contributed by atoms with Gasteiger partial charge in [0, 0.05) is 13.0 Å². The molecule has 47 heavy (non-hydrogen) atoms. The molecular weight excluding hydrogens is 580 g/mol. The molecule has 4 heteroatoms. The summed E-state index contributed by atoms with van der Waals surface area (Å²) in [6.45, 7) is 5.18. The predicted octanol–water partition coefficient (Wildman–Crippen LogP) is 12.9. The van der Waals surface area contributed by atoms with E-state index in [0.717, 1.165) is 51.4 Å². The van der Waals surface area contributed by atoms with Crippen LogP contribution in [0.4, 0.5) is 0 Å². The van der Waals surface area contributed by atoms with Gasteiger partial charge >= 0.3 is 5.97 Å². The van der Waals surface area contributed by atoms with Gasteiger partial charge in [-0.1, -0.05) is 184 Å². The second-order valence-electron chi connectivity index (χ2n) is 13.0. The molecule has 0 spiro atoms. The van der Waals surface area contributed by atoms with Crippen LogP contribution in [0.2, 0.25) is 0 Å². The third-order valence-corrected chi connectivity index (χ3v) is 8.36. The van der Waals surface area contributed by atoms with Gasteiger partial charge in [-0.25, -0.2) is 0 Å². The van der Waals surface area contributed by atoms with E-state index < -0.39 is 6.10 Å². The zero-order chi connectivity index (χ0) is 34.1. The van der Waals surface area contributed by atoms with E-state index in [4.69, 9.17) is 9.47 Å². The van der Waals surface area contributed by atoms with E-state index in [0.29, 0.717) is 13.0 Å². The quantitative estimate of drug-likeness (QED) is 0.0414. The first kappa shape index (κ1) is 45.1. The van der Waals surface area contributed by atoms with E-state index in [2.05, 4.69) is 74.6 Å². The van der Waals surface area contributed by atoms with Crippen LogP contribution >= 0.6 is 0 Å². The van der Waals surface area contributed by atoms with E-state index in [-0.39, 0.29) is 19.2 Å². The molecule has 4 nitrogen and oxygen atoms in total. The van der Waals surface area contributed by atoms with Gasteiger partial charge in [-0.15, -0.1) is 0 Å². The Morgan fingerprint density at radius 3 is 1.36 bits per heavy atom. The molecule has 272 valence electrons. The third-order valence-electron chi connectivity index (χ3n) is 8.36. The second-order valence-corrected chi connectivity index (χ2v) is 13.0. The standard InChI is InChI=1S/C43H76O4/c1-3-5-7-9-11-13-15-17-19-21-23-25-27-29-31-33-35-37-39-46-41-42(40-44)47-43(45)38-36-34-32-30-28-26-24-22-20-18-16-14-12-10-8-6-4-2/h6,8,12,14,18,20,24,26,30,32,42,44H,3-5,7,9-11,13,15-17,19,21-23,25,27-29,31,33-41H2,1-2H3/b8-6-,14-12-,20-18-,26-24-,32-30-. The van der Waals surface area contributed by atoms with Crippen LogP contribution in [-0.2, 0) is 14.3 Å². The highest BCUT2D eigenvalue weighted by atomic mass is 16.6. The fraction of sp³-hybridized carbons (Fsp3) is 0.744. The molecular formula is C43H76O4. The SMILES string of the molecule is CC/C=C\C/C=C\C/C=C\C/C=C\C/C=C\CCCC(=O)OC(CO)COCCCCCCCCCCCCCCCCCCCC. The summed E-state index contributed by atoms with van der Waals surface area (Å²) >= 11 is 0. The zero-order valence-corrected chi connectivity index (χ0v) is 31.0. The molecule has 1 atom stereocenters. The summed E-state index contributed by atoms with van der Waals surface area (Å²) in [6, 6.07) is 0. The van der Waals surface area contributed by atoms with Crippen molar-refractivity contribution in [1.29, 1.82) is 0 Å². The molecule has 0 aromatic heterocycles. The van der Waals surface area contributed by atoms with Crippen molar-refractivity contribution in [2.75, 3.05) is 19.8 Å². The molecule has 0 aromatic rings. The van der Waals surface area contributed by atoms with Crippen LogP contribution in [-0.4, -0.2) is 37.0 Å². The Morgan fingerprint density at radius 1 is 0.532 bits per heavy atom. The van der Waals surface area contributed by atoms with Crippen molar-refractivity contribution in [3.8, 4) is 0 Å². The maximum atomic E-state index is 12.1. The Morgan fingerprint density at radius 2 is 0.936 bits per heavy atom. The van der Waals surface area contributed by atoms with Crippen LogP contribution in [0, 0.1) is 0 Å². The minimum atomic E-state index is -0.563. The van der Waals surface area contributed by atoms with E-state index in [9.17, 15) is 9.90 Å².